The van der Waals surface area contributed by atoms with E-state index in [9.17, 15) is 5.11 Å². The maximum absolute atomic E-state index is 10.4. The predicted molar refractivity (Wildman–Crippen MR) is 82.6 cm³/mol. The first-order valence-corrected chi connectivity index (χ1v) is 7.69. The van der Waals surface area contributed by atoms with Crippen LogP contribution in [0.5, 0.6) is 11.5 Å². The van der Waals surface area contributed by atoms with Gasteiger partial charge in [-0.25, -0.2) is 0 Å². The fraction of sp³-hybridized carbons (Fsp3) is 0.312. The number of benzene rings is 1. The minimum absolute atomic E-state index is 0.506. The van der Waals surface area contributed by atoms with E-state index in [0.717, 1.165) is 27.8 Å². The molecule has 0 aliphatic carbocycles. The van der Waals surface area contributed by atoms with Gasteiger partial charge < -0.3 is 14.6 Å². The smallest absolute Gasteiger partial charge is 0.161 e. The second kappa shape index (κ2) is 6.45. The van der Waals surface area contributed by atoms with Gasteiger partial charge in [-0.05, 0) is 45.3 Å². The molecule has 3 rings (SSSR count). The number of halogens is 1. The van der Waals surface area contributed by atoms with Crippen LogP contribution in [-0.2, 0) is 6.42 Å². The molecule has 1 aromatic heterocycles. The molecule has 21 heavy (non-hydrogen) atoms. The van der Waals surface area contributed by atoms with Crippen LogP contribution in [0.2, 0.25) is 0 Å². The standard InChI is InChI=1S/C16H16BrNO3/c17-13-6-11(9-18-10-13)7-14(19)12-2-3-15-16(8-12)21-5-1-4-20-15/h2-3,6,8-10,14,19H,1,4-5,7H2. The number of hydrogen-bond acceptors (Lipinski definition) is 4. The van der Waals surface area contributed by atoms with E-state index < -0.39 is 6.10 Å². The van der Waals surface area contributed by atoms with Crippen molar-refractivity contribution in [3.63, 3.8) is 0 Å². The van der Waals surface area contributed by atoms with Crippen molar-refractivity contribution < 1.29 is 14.6 Å². The number of aliphatic hydroxyl groups is 1. The summed E-state index contributed by atoms with van der Waals surface area (Å²) in [5.41, 5.74) is 1.79. The quantitative estimate of drug-likeness (QED) is 0.923. The number of hydrogen-bond donors (Lipinski definition) is 1. The van der Waals surface area contributed by atoms with Gasteiger partial charge in [-0.15, -0.1) is 0 Å². The summed E-state index contributed by atoms with van der Waals surface area (Å²) in [6.45, 7) is 1.31. The van der Waals surface area contributed by atoms with Crippen LogP contribution in [0.3, 0.4) is 0 Å². The van der Waals surface area contributed by atoms with Crippen molar-refractivity contribution in [2.45, 2.75) is 18.9 Å². The first-order valence-electron chi connectivity index (χ1n) is 6.89. The number of aliphatic hydroxyl groups excluding tert-OH is 1. The maximum Gasteiger partial charge on any atom is 0.161 e. The molecule has 0 bridgehead atoms. The summed E-state index contributed by atoms with van der Waals surface area (Å²) in [7, 11) is 0. The summed E-state index contributed by atoms with van der Waals surface area (Å²) >= 11 is 3.39. The molecule has 1 aliphatic rings. The minimum Gasteiger partial charge on any atom is -0.490 e. The Hall–Kier alpha value is -1.59. The molecule has 0 radical (unpaired) electrons. The first-order chi connectivity index (χ1) is 10.2. The molecule has 5 heteroatoms. The molecule has 2 aromatic rings. The van der Waals surface area contributed by atoms with Crippen LogP contribution < -0.4 is 9.47 Å². The van der Waals surface area contributed by atoms with E-state index in [-0.39, 0.29) is 0 Å². The molecule has 4 nitrogen and oxygen atoms in total. The van der Waals surface area contributed by atoms with E-state index in [1.807, 2.05) is 24.3 Å². The van der Waals surface area contributed by atoms with Gasteiger partial charge in [0.15, 0.2) is 11.5 Å². The summed E-state index contributed by atoms with van der Waals surface area (Å²) in [6, 6.07) is 7.55. The van der Waals surface area contributed by atoms with Crippen molar-refractivity contribution in [2.75, 3.05) is 13.2 Å². The van der Waals surface area contributed by atoms with Gasteiger partial charge in [0.2, 0.25) is 0 Å². The van der Waals surface area contributed by atoms with Gasteiger partial charge in [0.25, 0.3) is 0 Å². The van der Waals surface area contributed by atoms with Crippen LogP contribution >= 0.6 is 15.9 Å². The molecule has 0 saturated heterocycles. The van der Waals surface area contributed by atoms with E-state index in [1.165, 1.54) is 0 Å². The van der Waals surface area contributed by atoms with Crippen LogP contribution in [0.25, 0.3) is 0 Å². The van der Waals surface area contributed by atoms with E-state index in [1.54, 1.807) is 12.4 Å². The van der Waals surface area contributed by atoms with E-state index in [4.69, 9.17) is 9.47 Å². The number of ether oxygens (including phenoxy) is 2. The molecular weight excluding hydrogens is 334 g/mol. The zero-order valence-corrected chi connectivity index (χ0v) is 13.0. The van der Waals surface area contributed by atoms with E-state index >= 15 is 0 Å². The lowest BCUT2D eigenvalue weighted by Gasteiger charge is -2.14. The molecule has 1 N–H and O–H groups in total. The predicted octanol–water partition coefficient (Wildman–Crippen LogP) is 3.28. The fourth-order valence-corrected chi connectivity index (χ4v) is 2.71. The van der Waals surface area contributed by atoms with Crippen LogP contribution in [0, 0.1) is 0 Å². The molecule has 0 spiro atoms. The second-order valence-electron chi connectivity index (χ2n) is 4.99. The zero-order chi connectivity index (χ0) is 14.7. The van der Waals surface area contributed by atoms with Gasteiger partial charge >= 0.3 is 0 Å². The molecule has 1 aromatic carbocycles. The van der Waals surface area contributed by atoms with E-state index in [2.05, 4.69) is 20.9 Å². The average molecular weight is 350 g/mol. The summed E-state index contributed by atoms with van der Waals surface area (Å²) in [6.07, 6.45) is 4.27. The topological polar surface area (TPSA) is 51.6 Å². The largest absolute Gasteiger partial charge is 0.490 e. The average Bonchev–Trinajstić information content (AvgIpc) is 2.71. The number of nitrogens with zero attached hydrogens (tertiary/aromatic N) is 1. The highest BCUT2D eigenvalue weighted by Crippen LogP contribution is 2.33. The Morgan fingerprint density at radius 1 is 1.14 bits per heavy atom. The minimum atomic E-state index is -0.599. The molecule has 2 heterocycles. The molecule has 1 atom stereocenters. The Balaban J connectivity index is 1.78. The maximum atomic E-state index is 10.4. The SMILES string of the molecule is OC(Cc1cncc(Br)c1)c1ccc2c(c1)OCCCO2. The Bertz CT molecular complexity index is 633. The Morgan fingerprint density at radius 3 is 2.76 bits per heavy atom. The van der Waals surface area contributed by atoms with Gasteiger partial charge in [-0.2, -0.15) is 0 Å². The fourth-order valence-electron chi connectivity index (χ4n) is 2.30. The molecule has 0 saturated carbocycles. The molecule has 110 valence electrons. The van der Waals surface area contributed by atoms with Crippen LogP contribution in [0.1, 0.15) is 23.7 Å². The summed E-state index contributed by atoms with van der Waals surface area (Å²) in [5, 5.41) is 10.4. The highest BCUT2D eigenvalue weighted by molar-refractivity contribution is 9.10. The van der Waals surface area contributed by atoms with Gasteiger partial charge in [0.1, 0.15) is 0 Å². The van der Waals surface area contributed by atoms with Crippen LogP contribution in [0.15, 0.2) is 41.1 Å². The van der Waals surface area contributed by atoms with Gasteiger partial charge in [-0.1, -0.05) is 6.07 Å². The monoisotopic (exact) mass is 349 g/mol. The van der Waals surface area contributed by atoms with Gasteiger partial charge in [-0.3, -0.25) is 4.98 Å². The Labute approximate surface area is 131 Å². The van der Waals surface area contributed by atoms with Crippen molar-refractivity contribution in [3.05, 3.63) is 52.3 Å². The first kappa shape index (κ1) is 14.4. The number of fused-ring (bicyclic) bond motifs is 1. The molecule has 1 aliphatic heterocycles. The van der Waals surface area contributed by atoms with Gasteiger partial charge in [0.05, 0.1) is 19.3 Å². The molecule has 1 unspecified atom stereocenters. The third kappa shape index (κ3) is 3.54. The molecule has 0 fully saturated rings. The zero-order valence-electron chi connectivity index (χ0n) is 11.5. The van der Waals surface area contributed by atoms with Crippen molar-refractivity contribution in [3.8, 4) is 11.5 Å². The number of pyridine rings is 1. The van der Waals surface area contributed by atoms with Crippen LogP contribution in [-0.4, -0.2) is 23.3 Å². The number of aromatic nitrogens is 1. The van der Waals surface area contributed by atoms with Crippen LogP contribution in [0.4, 0.5) is 0 Å². The molecule has 0 amide bonds. The Kier molecular flexibility index (Phi) is 4.41. The highest BCUT2D eigenvalue weighted by Gasteiger charge is 2.15. The van der Waals surface area contributed by atoms with Crippen molar-refractivity contribution in [2.24, 2.45) is 0 Å². The number of rotatable bonds is 3. The van der Waals surface area contributed by atoms with Crippen molar-refractivity contribution in [1.82, 2.24) is 4.98 Å². The second-order valence-corrected chi connectivity index (χ2v) is 5.90. The lowest BCUT2D eigenvalue weighted by atomic mass is 10.0. The third-order valence-corrected chi connectivity index (χ3v) is 3.78. The lowest BCUT2D eigenvalue weighted by molar-refractivity contribution is 0.177. The Morgan fingerprint density at radius 2 is 1.95 bits per heavy atom. The highest BCUT2D eigenvalue weighted by atomic mass is 79.9. The normalized spacial score (nSPS) is 15.3. The van der Waals surface area contributed by atoms with Crippen molar-refractivity contribution in [1.29, 1.82) is 0 Å². The lowest BCUT2D eigenvalue weighted by Crippen LogP contribution is -2.03. The summed E-state index contributed by atoms with van der Waals surface area (Å²) < 4.78 is 12.2. The van der Waals surface area contributed by atoms with E-state index in [0.29, 0.717) is 25.4 Å². The summed E-state index contributed by atoms with van der Waals surface area (Å²) in [4.78, 5) is 4.11. The summed E-state index contributed by atoms with van der Waals surface area (Å²) in [5.74, 6) is 1.45. The van der Waals surface area contributed by atoms with Crippen molar-refractivity contribution >= 4 is 15.9 Å². The molecular formula is C16H16BrNO3. The third-order valence-electron chi connectivity index (χ3n) is 3.35. The van der Waals surface area contributed by atoms with Gasteiger partial charge in [0, 0.05) is 29.7 Å².